The molecule has 190 valence electrons. The zero-order valence-corrected chi connectivity index (χ0v) is 20.0. The second kappa shape index (κ2) is 8.76. The number of anilines is 1. The maximum atomic E-state index is 14.5. The molecule has 0 bridgehead atoms. The van der Waals surface area contributed by atoms with Gasteiger partial charge in [0.1, 0.15) is 5.56 Å². The van der Waals surface area contributed by atoms with Gasteiger partial charge in [0.15, 0.2) is 15.5 Å². The van der Waals surface area contributed by atoms with E-state index in [0.29, 0.717) is 0 Å². The summed E-state index contributed by atoms with van der Waals surface area (Å²) in [7, 11) is -3.62. The largest absolute Gasteiger partial charge is 0.435 e. The zero-order valence-electron chi connectivity index (χ0n) is 19.1. The fourth-order valence-electron chi connectivity index (χ4n) is 3.45. The first-order valence-electron chi connectivity index (χ1n) is 10.5. The van der Waals surface area contributed by atoms with Crippen LogP contribution in [0.25, 0.3) is 0 Å². The quantitative estimate of drug-likeness (QED) is 0.375. The average Bonchev–Trinajstić information content (AvgIpc) is 3.50. The standard InChI is InChI=1S/C22H19F4N5O4S/c1-11-15(18(32)28-12-5-4-6-13(9-12)36(3,33)34)19(31-30-16(11)22(24,25)26)35-20-27-10-14(17(23)29-20)21(2)7-8-21/h4-6,9-10H,7-8H2,1-3H3,(H,28,32). The van der Waals surface area contributed by atoms with Crippen molar-refractivity contribution < 1.29 is 35.5 Å². The number of halogens is 4. The predicted molar refractivity (Wildman–Crippen MR) is 118 cm³/mol. The van der Waals surface area contributed by atoms with Crippen LogP contribution in [0, 0.1) is 12.9 Å². The van der Waals surface area contributed by atoms with Gasteiger partial charge < -0.3 is 10.1 Å². The lowest BCUT2D eigenvalue weighted by atomic mass is 10.0. The molecule has 0 unspecified atom stereocenters. The van der Waals surface area contributed by atoms with E-state index in [1.165, 1.54) is 24.4 Å². The summed E-state index contributed by atoms with van der Waals surface area (Å²) in [6.45, 7) is 2.83. The number of nitrogens with zero attached hydrogens (tertiary/aromatic N) is 4. The minimum Gasteiger partial charge on any atom is -0.403 e. The van der Waals surface area contributed by atoms with Crippen LogP contribution in [0.2, 0.25) is 0 Å². The first-order valence-corrected chi connectivity index (χ1v) is 12.3. The highest BCUT2D eigenvalue weighted by molar-refractivity contribution is 7.90. The maximum Gasteiger partial charge on any atom is 0.435 e. The molecule has 1 aromatic carbocycles. The Hall–Kier alpha value is -3.68. The Morgan fingerprint density at radius 2 is 1.89 bits per heavy atom. The number of ether oxygens (including phenoxy) is 1. The van der Waals surface area contributed by atoms with E-state index in [1.54, 1.807) is 0 Å². The Morgan fingerprint density at radius 1 is 1.19 bits per heavy atom. The van der Waals surface area contributed by atoms with E-state index >= 15 is 0 Å². The van der Waals surface area contributed by atoms with Crippen molar-refractivity contribution in [2.75, 3.05) is 11.6 Å². The second-order valence-corrected chi connectivity index (χ2v) is 10.6. The molecule has 3 aromatic rings. The van der Waals surface area contributed by atoms with Gasteiger partial charge in [-0.2, -0.15) is 22.5 Å². The lowest BCUT2D eigenvalue weighted by molar-refractivity contribution is -0.142. The number of carbonyl (C=O) groups is 1. The first-order chi connectivity index (χ1) is 16.7. The normalized spacial score (nSPS) is 14.9. The highest BCUT2D eigenvalue weighted by atomic mass is 32.2. The lowest BCUT2D eigenvalue weighted by Gasteiger charge is -2.16. The van der Waals surface area contributed by atoms with Gasteiger partial charge in [0.2, 0.25) is 5.95 Å². The molecule has 1 amide bonds. The number of carbonyl (C=O) groups excluding carboxylic acids is 1. The number of sulfone groups is 1. The lowest BCUT2D eigenvalue weighted by Crippen LogP contribution is -2.21. The topological polar surface area (TPSA) is 124 Å². The van der Waals surface area contributed by atoms with Crippen LogP contribution in [0.4, 0.5) is 23.2 Å². The van der Waals surface area contributed by atoms with Gasteiger partial charge in [0, 0.05) is 23.7 Å². The fourth-order valence-corrected chi connectivity index (χ4v) is 4.12. The molecule has 0 saturated heterocycles. The smallest absolute Gasteiger partial charge is 0.403 e. The highest BCUT2D eigenvalue weighted by Crippen LogP contribution is 2.48. The Balaban J connectivity index is 1.73. The molecule has 1 N–H and O–H groups in total. The van der Waals surface area contributed by atoms with Crippen LogP contribution in [0.3, 0.4) is 0 Å². The number of alkyl halides is 3. The van der Waals surface area contributed by atoms with Crippen LogP contribution < -0.4 is 10.1 Å². The van der Waals surface area contributed by atoms with Gasteiger partial charge >= 0.3 is 12.2 Å². The maximum absolute atomic E-state index is 14.5. The predicted octanol–water partition coefficient (Wildman–Crippen LogP) is 4.23. The molecule has 1 aliphatic rings. The van der Waals surface area contributed by atoms with Crippen molar-refractivity contribution in [1.82, 2.24) is 20.2 Å². The summed E-state index contributed by atoms with van der Waals surface area (Å²) in [6, 6.07) is 4.54. The molecule has 0 spiro atoms. The number of nitrogens with one attached hydrogen (secondary N) is 1. The van der Waals surface area contributed by atoms with Gasteiger partial charge in [-0.25, -0.2) is 13.4 Å². The second-order valence-electron chi connectivity index (χ2n) is 8.63. The van der Waals surface area contributed by atoms with Gasteiger partial charge in [-0.3, -0.25) is 4.79 Å². The van der Waals surface area contributed by atoms with Crippen molar-refractivity contribution in [3.8, 4) is 11.9 Å². The van der Waals surface area contributed by atoms with Crippen molar-refractivity contribution in [2.24, 2.45) is 0 Å². The minimum absolute atomic E-state index is 0.0111. The molecule has 0 atom stereocenters. The van der Waals surface area contributed by atoms with Gasteiger partial charge in [-0.1, -0.05) is 13.0 Å². The van der Waals surface area contributed by atoms with Crippen LogP contribution in [0.15, 0.2) is 35.4 Å². The Morgan fingerprint density at radius 3 is 2.47 bits per heavy atom. The summed E-state index contributed by atoms with van der Waals surface area (Å²) in [5.74, 6) is -2.65. The van der Waals surface area contributed by atoms with Crippen molar-refractivity contribution >= 4 is 21.4 Å². The third-order valence-electron chi connectivity index (χ3n) is 5.76. The Labute approximate surface area is 202 Å². The first kappa shape index (κ1) is 25.4. The van der Waals surface area contributed by atoms with Crippen molar-refractivity contribution in [3.63, 3.8) is 0 Å². The van der Waals surface area contributed by atoms with E-state index in [1.807, 2.05) is 6.92 Å². The third kappa shape index (κ3) is 5.12. The summed E-state index contributed by atoms with van der Waals surface area (Å²) >= 11 is 0. The molecule has 9 nitrogen and oxygen atoms in total. The van der Waals surface area contributed by atoms with Gasteiger partial charge in [0.25, 0.3) is 11.8 Å². The monoisotopic (exact) mass is 525 g/mol. The molecular formula is C22H19F4N5O4S. The van der Waals surface area contributed by atoms with E-state index in [9.17, 15) is 30.8 Å². The van der Waals surface area contributed by atoms with Crippen LogP contribution in [0.1, 0.15) is 46.9 Å². The van der Waals surface area contributed by atoms with Crippen molar-refractivity contribution in [1.29, 1.82) is 0 Å². The Kier molecular flexibility index (Phi) is 6.19. The summed E-state index contributed by atoms with van der Waals surface area (Å²) in [4.78, 5) is 20.5. The SMILES string of the molecule is Cc1c(C(F)(F)F)nnc(Oc2ncc(C3(C)CC3)c(F)n2)c1C(=O)Nc1cccc(S(C)(=O)=O)c1. The number of hydrogen-bond acceptors (Lipinski definition) is 8. The van der Waals surface area contributed by atoms with Crippen LogP contribution in [-0.4, -0.2) is 40.7 Å². The van der Waals surface area contributed by atoms with Crippen LogP contribution >= 0.6 is 0 Å². The molecule has 2 heterocycles. The van der Waals surface area contributed by atoms with E-state index < -0.39 is 56.6 Å². The summed E-state index contributed by atoms with van der Waals surface area (Å²) in [5, 5.41) is 8.84. The van der Waals surface area contributed by atoms with E-state index in [4.69, 9.17) is 4.74 Å². The molecule has 0 aliphatic heterocycles. The van der Waals surface area contributed by atoms with E-state index in [2.05, 4.69) is 25.5 Å². The summed E-state index contributed by atoms with van der Waals surface area (Å²) < 4.78 is 83.8. The van der Waals surface area contributed by atoms with Gasteiger partial charge in [-0.15, -0.1) is 10.2 Å². The zero-order chi connectivity index (χ0) is 26.5. The average molecular weight is 525 g/mol. The van der Waals surface area contributed by atoms with Crippen molar-refractivity contribution in [2.45, 2.75) is 43.2 Å². The minimum atomic E-state index is -4.94. The number of rotatable bonds is 6. The molecule has 0 radical (unpaired) electrons. The Bertz CT molecular complexity index is 1470. The third-order valence-corrected chi connectivity index (χ3v) is 6.87. The number of benzene rings is 1. The summed E-state index contributed by atoms with van der Waals surface area (Å²) in [6.07, 6.45) is -1.26. The van der Waals surface area contributed by atoms with Crippen LogP contribution in [-0.2, 0) is 21.4 Å². The fraction of sp³-hybridized carbons (Fsp3) is 0.318. The van der Waals surface area contributed by atoms with Gasteiger partial charge in [-0.05, 0) is 48.9 Å². The summed E-state index contributed by atoms with van der Waals surface area (Å²) in [5.41, 5.74) is -2.85. The van der Waals surface area contributed by atoms with E-state index in [0.717, 1.165) is 32.1 Å². The molecule has 1 fully saturated rings. The molecule has 14 heteroatoms. The molecule has 2 aromatic heterocycles. The molecular weight excluding hydrogens is 506 g/mol. The highest BCUT2D eigenvalue weighted by Gasteiger charge is 2.42. The number of amides is 1. The van der Waals surface area contributed by atoms with Crippen LogP contribution in [0.5, 0.6) is 11.9 Å². The number of aromatic nitrogens is 4. The molecule has 1 saturated carbocycles. The molecule has 36 heavy (non-hydrogen) atoms. The van der Waals surface area contributed by atoms with E-state index in [-0.39, 0.29) is 21.6 Å². The van der Waals surface area contributed by atoms with Crippen molar-refractivity contribution in [3.05, 3.63) is 58.8 Å². The number of hydrogen-bond donors (Lipinski definition) is 1. The molecule has 1 aliphatic carbocycles. The molecule has 4 rings (SSSR count). The van der Waals surface area contributed by atoms with Gasteiger partial charge in [0.05, 0.1) is 4.90 Å².